The number of sulfonamides is 1. The summed E-state index contributed by atoms with van der Waals surface area (Å²) in [6, 6.07) is 6.09. The largest absolute Gasteiger partial charge is 0.346 e. The number of benzene rings is 1. The molecule has 1 aromatic carbocycles. The second-order valence-electron chi connectivity index (χ2n) is 5.90. The van der Waals surface area contributed by atoms with Crippen LogP contribution in [0.3, 0.4) is 0 Å². The van der Waals surface area contributed by atoms with E-state index in [0.29, 0.717) is 31.9 Å². The first-order valence-electron chi connectivity index (χ1n) is 8.46. The molecule has 4 N–H and O–H groups in total. The minimum absolute atomic E-state index is 0.131. The number of hydrogen-bond donors (Lipinski definition) is 3. The second-order valence-corrected chi connectivity index (χ2v) is 7.83. The van der Waals surface area contributed by atoms with Gasteiger partial charge in [0.2, 0.25) is 21.8 Å². The van der Waals surface area contributed by atoms with Crippen molar-refractivity contribution in [1.29, 1.82) is 0 Å². The summed E-state index contributed by atoms with van der Waals surface area (Å²) in [6.07, 6.45) is 0. The number of nitrogens with zero attached hydrogens (tertiary/aromatic N) is 2. The molecule has 1 heterocycles. The minimum atomic E-state index is -3.61. The molecule has 10 heteroatoms. The maximum absolute atomic E-state index is 12.8. The Hall–Kier alpha value is -2.01. The van der Waals surface area contributed by atoms with E-state index in [9.17, 15) is 18.0 Å². The van der Waals surface area contributed by atoms with Crippen LogP contribution in [0.15, 0.2) is 29.2 Å². The van der Waals surface area contributed by atoms with Gasteiger partial charge >= 0.3 is 0 Å². The van der Waals surface area contributed by atoms with Gasteiger partial charge in [-0.2, -0.15) is 4.31 Å². The van der Waals surface area contributed by atoms with Crippen LogP contribution in [0.5, 0.6) is 0 Å². The van der Waals surface area contributed by atoms with Gasteiger partial charge in [0.25, 0.3) is 0 Å². The Morgan fingerprint density at radius 3 is 2.46 bits per heavy atom. The molecule has 0 bridgehead atoms. The van der Waals surface area contributed by atoms with Gasteiger partial charge in [-0.15, -0.1) is 0 Å². The Bertz CT molecular complexity index is 745. The topological polar surface area (TPSA) is 125 Å². The van der Waals surface area contributed by atoms with Gasteiger partial charge in [0.1, 0.15) is 0 Å². The summed E-state index contributed by atoms with van der Waals surface area (Å²) in [4.78, 5) is 25.2. The molecule has 1 aliphatic heterocycles. The second kappa shape index (κ2) is 9.08. The van der Waals surface area contributed by atoms with Crippen molar-refractivity contribution in [1.82, 2.24) is 14.5 Å². The average Bonchev–Trinajstić information content (AvgIpc) is 2.66. The summed E-state index contributed by atoms with van der Waals surface area (Å²) in [5.74, 6) is -0.902. The van der Waals surface area contributed by atoms with Crippen molar-refractivity contribution in [3.8, 4) is 0 Å². The Labute approximate surface area is 153 Å². The van der Waals surface area contributed by atoms with E-state index in [4.69, 9.17) is 5.73 Å². The van der Waals surface area contributed by atoms with E-state index in [1.54, 1.807) is 12.1 Å². The summed E-state index contributed by atoms with van der Waals surface area (Å²) in [5, 5.41) is 4.92. The molecule has 1 aliphatic rings. The van der Waals surface area contributed by atoms with E-state index >= 15 is 0 Å². The van der Waals surface area contributed by atoms with Crippen LogP contribution in [0, 0.1) is 0 Å². The molecule has 144 valence electrons. The lowest BCUT2D eigenvalue weighted by Crippen LogP contribution is -2.48. The van der Waals surface area contributed by atoms with Gasteiger partial charge in [0.05, 0.1) is 18.0 Å². The van der Waals surface area contributed by atoms with E-state index in [1.807, 2.05) is 6.92 Å². The monoisotopic (exact) mass is 383 g/mol. The quantitative estimate of drug-likeness (QED) is 0.556. The lowest BCUT2D eigenvalue weighted by atomic mass is 10.3. The summed E-state index contributed by atoms with van der Waals surface area (Å²) >= 11 is 0. The molecule has 2 amide bonds. The third-order valence-corrected chi connectivity index (χ3v) is 6.06. The van der Waals surface area contributed by atoms with Crippen LogP contribution >= 0.6 is 0 Å². The zero-order valence-electron chi connectivity index (χ0n) is 14.8. The first kappa shape index (κ1) is 20.3. The Morgan fingerprint density at radius 2 is 1.85 bits per heavy atom. The average molecular weight is 383 g/mol. The first-order chi connectivity index (χ1) is 12.4. The molecule has 2 rings (SSSR count). The third kappa shape index (κ3) is 5.24. The lowest BCUT2D eigenvalue weighted by Gasteiger charge is -2.33. The standard InChI is InChI=1S/C16H25N5O4S/c1-2-20-6-8-21(9-7-20)26(24,25)14-5-3-4-13(10-14)19-16(23)12-18-15(22)11-17/h3-5,10H,2,6-9,11-12,17H2,1H3,(H,18,22)(H,19,23). The zero-order chi connectivity index (χ0) is 19.2. The van der Waals surface area contributed by atoms with Crippen LogP contribution in [0.1, 0.15) is 6.92 Å². The third-order valence-electron chi connectivity index (χ3n) is 4.17. The number of carbonyl (C=O) groups is 2. The highest BCUT2D eigenvalue weighted by molar-refractivity contribution is 7.89. The van der Waals surface area contributed by atoms with E-state index in [0.717, 1.165) is 6.54 Å². The van der Waals surface area contributed by atoms with Crippen molar-refractivity contribution in [3.05, 3.63) is 24.3 Å². The fraction of sp³-hybridized carbons (Fsp3) is 0.500. The molecule has 0 aromatic heterocycles. The Kier molecular flexibility index (Phi) is 7.09. The summed E-state index contributed by atoms with van der Waals surface area (Å²) in [7, 11) is -3.61. The number of piperazine rings is 1. The van der Waals surface area contributed by atoms with Crippen LogP contribution in [-0.4, -0.2) is 75.3 Å². The van der Waals surface area contributed by atoms with Gasteiger partial charge in [-0.05, 0) is 24.7 Å². The smallest absolute Gasteiger partial charge is 0.243 e. The number of hydrogen-bond acceptors (Lipinski definition) is 6. The molecule has 1 aromatic rings. The van der Waals surface area contributed by atoms with Crippen LogP contribution < -0.4 is 16.4 Å². The van der Waals surface area contributed by atoms with Crippen LogP contribution in [0.25, 0.3) is 0 Å². The normalized spacial score (nSPS) is 16.2. The van der Waals surface area contributed by atoms with Gasteiger partial charge in [-0.1, -0.05) is 13.0 Å². The van der Waals surface area contributed by atoms with E-state index in [1.165, 1.54) is 16.4 Å². The first-order valence-corrected chi connectivity index (χ1v) is 9.90. The summed E-state index contributed by atoms with van der Waals surface area (Å²) in [5.41, 5.74) is 5.50. The van der Waals surface area contributed by atoms with Crippen molar-refractivity contribution in [2.75, 3.05) is 51.1 Å². The van der Waals surface area contributed by atoms with Crippen molar-refractivity contribution < 1.29 is 18.0 Å². The number of likely N-dealkylation sites (N-methyl/N-ethyl adjacent to an activating group) is 1. The molecule has 9 nitrogen and oxygen atoms in total. The molecule has 1 fully saturated rings. The number of nitrogens with two attached hydrogens (primary N) is 1. The number of anilines is 1. The van der Waals surface area contributed by atoms with Gasteiger partial charge in [-0.3, -0.25) is 9.59 Å². The van der Waals surface area contributed by atoms with E-state index < -0.39 is 21.8 Å². The minimum Gasteiger partial charge on any atom is -0.346 e. The SMILES string of the molecule is CCN1CCN(S(=O)(=O)c2cccc(NC(=O)CNC(=O)CN)c2)CC1. The molecule has 0 aliphatic carbocycles. The zero-order valence-corrected chi connectivity index (χ0v) is 15.6. The molecule has 0 spiro atoms. The van der Waals surface area contributed by atoms with Crippen molar-refractivity contribution >= 4 is 27.5 Å². The summed E-state index contributed by atoms with van der Waals surface area (Å²) in [6.45, 7) is 4.80. The Morgan fingerprint density at radius 1 is 1.15 bits per heavy atom. The molecule has 0 radical (unpaired) electrons. The van der Waals surface area contributed by atoms with Crippen LogP contribution in [-0.2, 0) is 19.6 Å². The predicted octanol–water partition coefficient (Wildman–Crippen LogP) is -0.974. The predicted molar refractivity (Wildman–Crippen MR) is 98.0 cm³/mol. The fourth-order valence-electron chi connectivity index (χ4n) is 2.63. The molecule has 1 saturated heterocycles. The maximum Gasteiger partial charge on any atom is 0.243 e. The number of rotatable bonds is 7. The summed E-state index contributed by atoms with van der Waals surface area (Å²) < 4.78 is 27.1. The highest BCUT2D eigenvalue weighted by Crippen LogP contribution is 2.21. The number of amides is 2. The highest BCUT2D eigenvalue weighted by Gasteiger charge is 2.28. The van der Waals surface area contributed by atoms with Gasteiger partial charge in [0.15, 0.2) is 0 Å². The molecule has 26 heavy (non-hydrogen) atoms. The molecular formula is C16H25N5O4S. The Balaban J connectivity index is 2.03. The fourth-order valence-corrected chi connectivity index (χ4v) is 4.09. The lowest BCUT2D eigenvalue weighted by molar-refractivity contribution is -0.123. The molecule has 0 saturated carbocycles. The van der Waals surface area contributed by atoms with Crippen molar-refractivity contribution in [3.63, 3.8) is 0 Å². The van der Waals surface area contributed by atoms with E-state index in [-0.39, 0.29) is 18.0 Å². The maximum atomic E-state index is 12.8. The number of nitrogens with one attached hydrogen (secondary N) is 2. The molecule has 0 atom stereocenters. The van der Waals surface area contributed by atoms with Gasteiger partial charge < -0.3 is 21.3 Å². The van der Waals surface area contributed by atoms with Gasteiger partial charge in [0, 0.05) is 31.9 Å². The van der Waals surface area contributed by atoms with Crippen molar-refractivity contribution in [2.45, 2.75) is 11.8 Å². The van der Waals surface area contributed by atoms with Crippen LogP contribution in [0.4, 0.5) is 5.69 Å². The molecule has 0 unspecified atom stereocenters. The van der Waals surface area contributed by atoms with Crippen LogP contribution in [0.2, 0.25) is 0 Å². The number of carbonyl (C=O) groups excluding carboxylic acids is 2. The van der Waals surface area contributed by atoms with Crippen molar-refractivity contribution in [2.24, 2.45) is 5.73 Å². The molecular weight excluding hydrogens is 358 g/mol. The van der Waals surface area contributed by atoms with Gasteiger partial charge in [-0.25, -0.2) is 8.42 Å². The van der Waals surface area contributed by atoms with E-state index in [2.05, 4.69) is 15.5 Å². The highest BCUT2D eigenvalue weighted by atomic mass is 32.2.